The highest BCUT2D eigenvalue weighted by molar-refractivity contribution is 5.96. The first kappa shape index (κ1) is 25.6. The molecule has 0 spiro atoms. The molecular formula is C31H31FN6O3. The highest BCUT2D eigenvalue weighted by atomic mass is 19.1. The molecule has 3 fully saturated rings. The van der Waals surface area contributed by atoms with Crippen LogP contribution in [0.2, 0.25) is 0 Å². The zero-order valence-electron chi connectivity index (χ0n) is 22.5. The van der Waals surface area contributed by atoms with Crippen LogP contribution in [0.1, 0.15) is 42.5 Å². The SMILES string of the molecule is O=C(c1ccc(-c2cc(Nc3ccc(N4CCC(O)CC4)cn3)c3c(=O)[nH]ccc3n2)c(F)c1)N1CC2CCC1C2. The van der Waals surface area contributed by atoms with Gasteiger partial charge in [0.05, 0.1) is 40.3 Å². The first-order valence-electron chi connectivity index (χ1n) is 14.2. The quantitative estimate of drug-likeness (QED) is 0.334. The molecule has 2 unspecified atom stereocenters. The van der Waals surface area contributed by atoms with Crippen molar-refractivity contribution in [3.05, 3.63) is 76.6 Å². The van der Waals surface area contributed by atoms with Gasteiger partial charge in [0.1, 0.15) is 11.6 Å². The van der Waals surface area contributed by atoms with Crippen molar-refractivity contribution in [2.75, 3.05) is 29.9 Å². The highest BCUT2D eigenvalue weighted by Gasteiger charge is 2.40. The van der Waals surface area contributed by atoms with E-state index in [4.69, 9.17) is 0 Å². The number of hydrogen-bond acceptors (Lipinski definition) is 7. The van der Waals surface area contributed by atoms with Crippen molar-refractivity contribution in [2.24, 2.45) is 5.92 Å². The molecule has 210 valence electrons. The van der Waals surface area contributed by atoms with E-state index in [1.807, 2.05) is 17.0 Å². The summed E-state index contributed by atoms with van der Waals surface area (Å²) in [6.07, 6.45) is 7.69. The number of aliphatic hydroxyl groups is 1. The minimum Gasteiger partial charge on any atom is -0.393 e. The lowest BCUT2D eigenvalue weighted by Crippen LogP contribution is -2.37. The van der Waals surface area contributed by atoms with Gasteiger partial charge < -0.3 is 25.2 Å². The van der Waals surface area contributed by atoms with Gasteiger partial charge in [0, 0.05) is 43.0 Å². The Balaban J connectivity index is 1.19. The Kier molecular flexibility index (Phi) is 6.42. The molecule has 3 N–H and O–H groups in total. The molecule has 2 atom stereocenters. The van der Waals surface area contributed by atoms with Gasteiger partial charge in [0.15, 0.2) is 0 Å². The number of piperidine rings is 2. The second-order valence-corrected chi connectivity index (χ2v) is 11.4. The van der Waals surface area contributed by atoms with Gasteiger partial charge in [-0.3, -0.25) is 9.59 Å². The third kappa shape index (κ3) is 4.82. The van der Waals surface area contributed by atoms with Crippen molar-refractivity contribution in [1.82, 2.24) is 19.9 Å². The Morgan fingerprint density at radius 1 is 1.07 bits per heavy atom. The predicted octanol–water partition coefficient (Wildman–Crippen LogP) is 4.45. The van der Waals surface area contributed by atoms with Crippen molar-refractivity contribution in [3.63, 3.8) is 0 Å². The van der Waals surface area contributed by atoms with E-state index in [0.717, 1.165) is 57.4 Å². The van der Waals surface area contributed by atoms with E-state index < -0.39 is 5.82 Å². The van der Waals surface area contributed by atoms with E-state index in [0.29, 0.717) is 39.6 Å². The van der Waals surface area contributed by atoms with E-state index in [9.17, 15) is 14.7 Å². The molecule has 2 saturated heterocycles. The molecule has 3 aromatic heterocycles. The van der Waals surface area contributed by atoms with Crippen LogP contribution in [-0.4, -0.2) is 62.6 Å². The number of aromatic amines is 1. The van der Waals surface area contributed by atoms with Gasteiger partial charge in [0.25, 0.3) is 11.5 Å². The zero-order chi connectivity index (χ0) is 28.1. The monoisotopic (exact) mass is 554 g/mol. The minimum absolute atomic E-state index is 0.127. The van der Waals surface area contributed by atoms with Gasteiger partial charge in [0.2, 0.25) is 0 Å². The first-order chi connectivity index (χ1) is 19.9. The Labute approximate surface area is 236 Å². The Morgan fingerprint density at radius 3 is 2.63 bits per heavy atom. The summed E-state index contributed by atoms with van der Waals surface area (Å²) < 4.78 is 15.5. The molecule has 5 heterocycles. The third-order valence-corrected chi connectivity index (χ3v) is 8.73. The van der Waals surface area contributed by atoms with Crippen LogP contribution < -0.4 is 15.8 Å². The van der Waals surface area contributed by atoms with Crippen LogP contribution in [0.15, 0.2) is 59.7 Å². The molecule has 4 aromatic rings. The molecule has 41 heavy (non-hydrogen) atoms. The van der Waals surface area contributed by atoms with E-state index in [1.165, 1.54) is 12.3 Å². The average molecular weight is 555 g/mol. The summed E-state index contributed by atoms with van der Waals surface area (Å²) in [6, 6.07) is 11.9. The molecule has 1 amide bonds. The number of carbonyl (C=O) groups is 1. The van der Waals surface area contributed by atoms with Crippen molar-refractivity contribution < 1.29 is 14.3 Å². The number of hydrogen-bond donors (Lipinski definition) is 3. The topological polar surface area (TPSA) is 114 Å². The van der Waals surface area contributed by atoms with Crippen LogP contribution in [0.3, 0.4) is 0 Å². The number of anilines is 3. The molecule has 1 aromatic carbocycles. The number of fused-ring (bicyclic) bond motifs is 3. The number of aliphatic hydroxyl groups excluding tert-OH is 1. The van der Waals surface area contributed by atoms with Crippen molar-refractivity contribution in [1.29, 1.82) is 0 Å². The summed E-state index contributed by atoms with van der Waals surface area (Å²) >= 11 is 0. The van der Waals surface area contributed by atoms with E-state index in [2.05, 4.69) is 25.2 Å². The molecule has 1 saturated carbocycles. The van der Waals surface area contributed by atoms with E-state index in [-0.39, 0.29) is 29.2 Å². The number of H-pyrrole nitrogens is 1. The van der Waals surface area contributed by atoms with Crippen molar-refractivity contribution >= 4 is 34.0 Å². The lowest BCUT2D eigenvalue weighted by molar-refractivity contribution is 0.0703. The van der Waals surface area contributed by atoms with Crippen molar-refractivity contribution in [3.8, 4) is 11.3 Å². The second kappa shape index (κ2) is 10.3. The number of pyridine rings is 3. The number of halogens is 1. The summed E-state index contributed by atoms with van der Waals surface area (Å²) in [5, 5.41) is 13.4. The van der Waals surface area contributed by atoms with Crippen LogP contribution in [0.4, 0.5) is 21.6 Å². The van der Waals surface area contributed by atoms with Crippen LogP contribution in [0.25, 0.3) is 22.2 Å². The smallest absolute Gasteiger partial charge is 0.259 e. The van der Waals surface area contributed by atoms with Crippen LogP contribution in [-0.2, 0) is 0 Å². The molecule has 3 aliphatic rings. The number of rotatable bonds is 5. The van der Waals surface area contributed by atoms with Crippen LogP contribution in [0, 0.1) is 11.7 Å². The number of carbonyl (C=O) groups excluding carboxylic acids is 1. The zero-order valence-corrected chi connectivity index (χ0v) is 22.5. The maximum absolute atomic E-state index is 15.5. The van der Waals surface area contributed by atoms with Gasteiger partial charge in [-0.1, -0.05) is 0 Å². The summed E-state index contributed by atoms with van der Waals surface area (Å²) in [4.78, 5) is 41.8. The summed E-state index contributed by atoms with van der Waals surface area (Å²) in [5.41, 5.74) is 2.40. The fraction of sp³-hybridized carbons (Fsp3) is 0.355. The van der Waals surface area contributed by atoms with Gasteiger partial charge in [-0.05, 0) is 80.5 Å². The molecular weight excluding hydrogens is 523 g/mol. The number of likely N-dealkylation sites (tertiary alicyclic amines) is 1. The maximum atomic E-state index is 15.5. The fourth-order valence-corrected chi connectivity index (χ4v) is 6.53. The first-order valence-corrected chi connectivity index (χ1v) is 14.2. The van der Waals surface area contributed by atoms with Gasteiger partial charge in [-0.25, -0.2) is 14.4 Å². The summed E-state index contributed by atoms with van der Waals surface area (Å²) in [7, 11) is 0. The molecule has 7 rings (SSSR count). The lowest BCUT2D eigenvalue weighted by Gasteiger charge is -2.31. The van der Waals surface area contributed by atoms with Crippen LogP contribution in [0.5, 0.6) is 0 Å². The molecule has 10 heteroatoms. The summed E-state index contributed by atoms with van der Waals surface area (Å²) in [5.74, 6) is 0.414. The lowest BCUT2D eigenvalue weighted by atomic mass is 10.0. The minimum atomic E-state index is -0.544. The van der Waals surface area contributed by atoms with E-state index >= 15 is 4.39 Å². The Hall–Kier alpha value is -4.31. The molecule has 1 aliphatic carbocycles. The highest BCUT2D eigenvalue weighted by Crippen LogP contribution is 2.38. The normalized spacial score (nSPS) is 20.6. The molecule has 0 radical (unpaired) electrons. The molecule has 2 bridgehead atoms. The second-order valence-electron chi connectivity index (χ2n) is 11.4. The van der Waals surface area contributed by atoms with Crippen molar-refractivity contribution in [2.45, 2.75) is 44.2 Å². The number of benzene rings is 1. The molecule has 9 nitrogen and oxygen atoms in total. The van der Waals surface area contributed by atoms with Gasteiger partial charge in [-0.15, -0.1) is 0 Å². The fourth-order valence-electron chi connectivity index (χ4n) is 6.53. The predicted molar refractivity (Wildman–Crippen MR) is 155 cm³/mol. The Bertz CT molecular complexity index is 1680. The molecule has 2 aliphatic heterocycles. The number of nitrogens with zero attached hydrogens (tertiary/aromatic N) is 4. The number of aromatic nitrogens is 3. The Morgan fingerprint density at radius 2 is 1.93 bits per heavy atom. The van der Waals surface area contributed by atoms with Gasteiger partial charge in [-0.2, -0.15) is 0 Å². The number of amides is 1. The summed E-state index contributed by atoms with van der Waals surface area (Å²) in [6.45, 7) is 2.27. The largest absolute Gasteiger partial charge is 0.393 e. The number of nitrogens with one attached hydrogen (secondary N) is 2. The van der Waals surface area contributed by atoms with E-state index in [1.54, 1.807) is 30.5 Å². The standard InChI is InChI=1S/C31H31FN6O3/c32-24-14-19(31(41)38-17-18-1-3-20(38)13-18)2-5-23(24)26-15-27(29-25(35-26)7-10-33-30(29)40)36-28-6-4-21(16-34-28)37-11-8-22(39)9-12-37/h2,4-7,10,14-16,18,20,22,39H,1,3,8-9,11-13,17H2,(H,33,40)(H,34,35,36). The maximum Gasteiger partial charge on any atom is 0.259 e. The third-order valence-electron chi connectivity index (χ3n) is 8.73. The average Bonchev–Trinajstić information content (AvgIpc) is 3.62. The van der Waals surface area contributed by atoms with Crippen LogP contribution >= 0.6 is 0 Å². The van der Waals surface area contributed by atoms with Gasteiger partial charge >= 0.3 is 0 Å².